The van der Waals surface area contributed by atoms with Gasteiger partial charge in [0, 0.05) is 16.8 Å². The molecule has 2 aromatic heterocycles. The zero-order valence-corrected chi connectivity index (χ0v) is 13.8. The summed E-state index contributed by atoms with van der Waals surface area (Å²) in [6.45, 7) is 0.426. The zero-order valence-electron chi connectivity index (χ0n) is 11.4. The Morgan fingerprint density at radius 2 is 1.91 bits per heavy atom. The number of thiophene rings is 1. The zero-order chi connectivity index (χ0) is 16.4. The molecule has 3 rings (SSSR count). The summed E-state index contributed by atoms with van der Waals surface area (Å²) in [4.78, 5) is 9.25. The van der Waals surface area contributed by atoms with E-state index in [1.165, 1.54) is 29.8 Å². The minimum absolute atomic E-state index is 0.128. The predicted octanol–water partition coefficient (Wildman–Crippen LogP) is 5.57. The molecule has 1 aromatic carbocycles. The molecule has 3 aromatic rings. The van der Waals surface area contributed by atoms with E-state index in [0.29, 0.717) is 17.4 Å². The van der Waals surface area contributed by atoms with Gasteiger partial charge in [-0.25, -0.2) is 9.97 Å². The quantitative estimate of drug-likeness (QED) is 0.605. The van der Waals surface area contributed by atoms with E-state index in [2.05, 4.69) is 15.3 Å². The van der Waals surface area contributed by atoms with Gasteiger partial charge in [-0.2, -0.15) is 13.2 Å². The number of alkyl halides is 3. The lowest BCUT2D eigenvalue weighted by Gasteiger charge is -2.09. The molecule has 0 unspecified atom stereocenters. The molecule has 2 heterocycles. The van der Waals surface area contributed by atoms with Crippen molar-refractivity contribution in [3.8, 4) is 0 Å². The number of halogens is 4. The van der Waals surface area contributed by atoms with Gasteiger partial charge in [-0.15, -0.1) is 11.3 Å². The second-order valence-electron chi connectivity index (χ2n) is 4.53. The molecule has 1 N–H and O–H groups in total. The van der Waals surface area contributed by atoms with E-state index < -0.39 is 5.51 Å². The number of anilines is 1. The Bertz CT molecular complexity index is 818. The monoisotopic (exact) mass is 375 g/mol. The maximum atomic E-state index is 12.3. The maximum absolute atomic E-state index is 12.3. The van der Waals surface area contributed by atoms with Crippen molar-refractivity contribution in [2.24, 2.45) is 0 Å². The van der Waals surface area contributed by atoms with Crippen LogP contribution >= 0.6 is 34.7 Å². The Morgan fingerprint density at radius 3 is 2.61 bits per heavy atom. The van der Waals surface area contributed by atoms with Gasteiger partial charge >= 0.3 is 5.51 Å². The van der Waals surface area contributed by atoms with E-state index >= 15 is 0 Å². The number of fused-ring (bicyclic) bond motifs is 1. The van der Waals surface area contributed by atoms with Crippen LogP contribution in [0.3, 0.4) is 0 Å². The minimum Gasteiger partial charge on any atom is -0.365 e. The highest BCUT2D eigenvalue weighted by molar-refractivity contribution is 8.00. The summed E-state index contributed by atoms with van der Waals surface area (Å²) in [6.07, 6.45) is 1.45. The average molecular weight is 376 g/mol. The van der Waals surface area contributed by atoms with Crippen molar-refractivity contribution >= 4 is 50.7 Å². The molecule has 0 aliphatic carbocycles. The van der Waals surface area contributed by atoms with Crippen molar-refractivity contribution in [3.63, 3.8) is 0 Å². The molecule has 0 saturated carbocycles. The molecule has 9 heteroatoms. The third-order valence-electron chi connectivity index (χ3n) is 2.94. The van der Waals surface area contributed by atoms with Crippen molar-refractivity contribution < 1.29 is 13.2 Å². The van der Waals surface area contributed by atoms with Crippen LogP contribution in [0.1, 0.15) is 5.56 Å². The SMILES string of the molecule is FC(F)(F)Sc1ccc(CNc2ncnc3scc(Cl)c23)cc1. The Labute approximate surface area is 142 Å². The van der Waals surface area contributed by atoms with Crippen molar-refractivity contribution in [2.45, 2.75) is 16.9 Å². The van der Waals surface area contributed by atoms with Gasteiger partial charge in [0.1, 0.15) is 17.0 Å². The van der Waals surface area contributed by atoms with E-state index in [-0.39, 0.29) is 16.7 Å². The van der Waals surface area contributed by atoms with Crippen LogP contribution in [0, 0.1) is 0 Å². The normalized spacial score (nSPS) is 11.8. The third kappa shape index (κ3) is 4.07. The molecule has 0 aliphatic rings. The van der Waals surface area contributed by atoms with E-state index in [0.717, 1.165) is 15.8 Å². The van der Waals surface area contributed by atoms with E-state index in [4.69, 9.17) is 11.6 Å². The highest BCUT2D eigenvalue weighted by atomic mass is 35.5. The first-order valence-electron chi connectivity index (χ1n) is 6.38. The van der Waals surface area contributed by atoms with E-state index in [1.807, 2.05) is 0 Å². The van der Waals surface area contributed by atoms with Gasteiger partial charge in [-0.1, -0.05) is 23.7 Å². The number of nitrogens with one attached hydrogen (secondary N) is 1. The fourth-order valence-electron chi connectivity index (χ4n) is 1.97. The van der Waals surface area contributed by atoms with E-state index in [9.17, 15) is 13.2 Å². The molecule has 0 aliphatic heterocycles. The third-order valence-corrected chi connectivity index (χ3v) is 5.00. The van der Waals surface area contributed by atoms with Gasteiger partial charge in [0.05, 0.1) is 10.4 Å². The Balaban J connectivity index is 1.71. The predicted molar refractivity (Wildman–Crippen MR) is 88.1 cm³/mol. The van der Waals surface area contributed by atoms with Crippen LogP contribution in [0.5, 0.6) is 0 Å². The Morgan fingerprint density at radius 1 is 1.17 bits per heavy atom. The number of benzene rings is 1. The lowest BCUT2D eigenvalue weighted by atomic mass is 10.2. The molecule has 0 radical (unpaired) electrons. The first kappa shape index (κ1) is 16.4. The van der Waals surface area contributed by atoms with Gasteiger partial charge < -0.3 is 5.32 Å². The summed E-state index contributed by atoms with van der Waals surface area (Å²) in [6, 6.07) is 6.19. The van der Waals surface area contributed by atoms with Crippen LogP contribution < -0.4 is 5.32 Å². The summed E-state index contributed by atoms with van der Waals surface area (Å²) < 4.78 is 36.9. The average Bonchev–Trinajstić information content (AvgIpc) is 2.87. The Kier molecular flexibility index (Phi) is 4.65. The molecular weight excluding hydrogens is 367 g/mol. The second-order valence-corrected chi connectivity index (χ2v) is 6.94. The molecule has 0 amide bonds. The second kappa shape index (κ2) is 6.54. The summed E-state index contributed by atoms with van der Waals surface area (Å²) in [5, 5.41) is 6.25. The standard InChI is InChI=1S/C14H9ClF3N3S2/c15-10-6-22-13-11(10)12(20-7-21-13)19-5-8-1-3-9(4-2-8)23-14(16,17)18/h1-4,6-7H,5H2,(H,19,20,21). The fourth-order valence-corrected chi connectivity index (χ4v) is 3.64. The van der Waals surface area contributed by atoms with Crippen LogP contribution in [-0.2, 0) is 6.54 Å². The molecule has 23 heavy (non-hydrogen) atoms. The topological polar surface area (TPSA) is 37.8 Å². The highest BCUT2D eigenvalue weighted by Crippen LogP contribution is 2.37. The molecule has 0 fully saturated rings. The molecule has 0 saturated heterocycles. The van der Waals surface area contributed by atoms with Gasteiger partial charge in [0.25, 0.3) is 0 Å². The van der Waals surface area contributed by atoms with Crippen molar-refractivity contribution in [3.05, 3.63) is 46.6 Å². The molecular formula is C14H9ClF3N3S2. The Hall–Kier alpha value is -1.51. The summed E-state index contributed by atoms with van der Waals surface area (Å²) >= 11 is 7.42. The first-order valence-corrected chi connectivity index (χ1v) is 8.46. The summed E-state index contributed by atoms with van der Waals surface area (Å²) in [5.41, 5.74) is -3.43. The largest absolute Gasteiger partial charge is 0.446 e. The fraction of sp³-hybridized carbons (Fsp3) is 0.143. The highest BCUT2D eigenvalue weighted by Gasteiger charge is 2.28. The lowest BCUT2D eigenvalue weighted by molar-refractivity contribution is -0.0328. The molecule has 3 nitrogen and oxygen atoms in total. The van der Waals surface area contributed by atoms with Gasteiger partial charge in [-0.3, -0.25) is 0 Å². The number of hydrogen-bond acceptors (Lipinski definition) is 5. The molecule has 120 valence electrons. The molecule has 0 spiro atoms. The maximum Gasteiger partial charge on any atom is 0.446 e. The minimum atomic E-state index is -4.28. The van der Waals surface area contributed by atoms with Crippen molar-refractivity contribution in [2.75, 3.05) is 5.32 Å². The number of rotatable bonds is 4. The van der Waals surface area contributed by atoms with Crippen LogP contribution in [0.4, 0.5) is 19.0 Å². The smallest absolute Gasteiger partial charge is 0.365 e. The van der Waals surface area contributed by atoms with Gasteiger partial charge in [0.15, 0.2) is 0 Å². The number of aromatic nitrogens is 2. The van der Waals surface area contributed by atoms with Gasteiger partial charge in [-0.05, 0) is 29.5 Å². The van der Waals surface area contributed by atoms with Crippen LogP contribution in [-0.4, -0.2) is 15.5 Å². The number of nitrogens with zero attached hydrogens (tertiary/aromatic N) is 2. The number of hydrogen-bond donors (Lipinski definition) is 1. The number of thioether (sulfide) groups is 1. The van der Waals surface area contributed by atoms with Crippen LogP contribution in [0.25, 0.3) is 10.2 Å². The first-order chi connectivity index (χ1) is 10.9. The van der Waals surface area contributed by atoms with Crippen molar-refractivity contribution in [1.29, 1.82) is 0 Å². The van der Waals surface area contributed by atoms with E-state index in [1.54, 1.807) is 17.5 Å². The lowest BCUT2D eigenvalue weighted by Crippen LogP contribution is -2.02. The summed E-state index contributed by atoms with van der Waals surface area (Å²) in [5.74, 6) is 0.606. The molecule has 0 bridgehead atoms. The van der Waals surface area contributed by atoms with Crippen LogP contribution in [0.15, 0.2) is 40.9 Å². The van der Waals surface area contributed by atoms with Gasteiger partial charge in [0.2, 0.25) is 0 Å². The summed E-state index contributed by atoms with van der Waals surface area (Å²) in [7, 11) is 0. The van der Waals surface area contributed by atoms with Crippen LogP contribution in [0.2, 0.25) is 5.02 Å². The molecule has 0 atom stereocenters. The van der Waals surface area contributed by atoms with Crippen molar-refractivity contribution in [1.82, 2.24) is 9.97 Å².